The van der Waals surface area contributed by atoms with Crippen molar-refractivity contribution < 1.29 is 14.3 Å². The average Bonchev–Trinajstić information content (AvgIpc) is 3.18. The summed E-state index contributed by atoms with van der Waals surface area (Å²) in [5.41, 5.74) is 6.62. The Kier molecular flexibility index (Phi) is 7.22. The number of carbonyl (C=O) groups is 2. The van der Waals surface area contributed by atoms with Crippen molar-refractivity contribution in [2.45, 2.75) is 38.3 Å². The van der Waals surface area contributed by atoms with Gasteiger partial charge in [0.15, 0.2) is 0 Å². The van der Waals surface area contributed by atoms with Crippen molar-refractivity contribution in [3.05, 3.63) is 12.4 Å². The fourth-order valence-corrected chi connectivity index (χ4v) is 3.34. The van der Waals surface area contributed by atoms with Crippen LogP contribution in [0.5, 0.6) is 0 Å². The van der Waals surface area contributed by atoms with Crippen LogP contribution < -0.4 is 11.1 Å². The van der Waals surface area contributed by atoms with E-state index in [0.29, 0.717) is 38.4 Å². The summed E-state index contributed by atoms with van der Waals surface area (Å²) in [5.74, 6) is 0.232. The van der Waals surface area contributed by atoms with Gasteiger partial charge in [0.05, 0.1) is 25.1 Å². The molecule has 140 valence electrons. The Hall–Kier alpha value is -1.64. The number of amides is 2. The second kappa shape index (κ2) is 9.17. The summed E-state index contributed by atoms with van der Waals surface area (Å²) >= 11 is 0. The molecule has 2 heterocycles. The van der Waals surface area contributed by atoms with E-state index in [1.54, 1.807) is 22.0 Å². The molecule has 2 amide bonds. The third-order valence-corrected chi connectivity index (χ3v) is 4.74. The highest BCUT2D eigenvalue weighted by Gasteiger charge is 2.26. The second-order valence-electron chi connectivity index (χ2n) is 6.53. The van der Waals surface area contributed by atoms with Crippen LogP contribution in [0.15, 0.2) is 12.4 Å². The molecule has 8 nitrogen and oxygen atoms in total. The number of aromatic nitrogens is 2. The molecule has 3 N–H and O–H groups in total. The van der Waals surface area contributed by atoms with Gasteiger partial charge in [-0.3, -0.25) is 14.3 Å². The van der Waals surface area contributed by atoms with Crippen molar-refractivity contribution in [2.24, 2.45) is 11.7 Å². The molecular weight excluding hydrogens is 346 g/mol. The van der Waals surface area contributed by atoms with E-state index in [1.807, 2.05) is 0 Å². The average molecular weight is 372 g/mol. The minimum absolute atomic E-state index is 0. The first-order valence-corrected chi connectivity index (χ1v) is 8.55. The van der Waals surface area contributed by atoms with Gasteiger partial charge in [-0.05, 0) is 18.8 Å². The number of hydrogen-bond acceptors (Lipinski definition) is 5. The zero-order valence-corrected chi connectivity index (χ0v) is 15.0. The molecule has 1 aliphatic carbocycles. The minimum atomic E-state index is -0.0450. The Morgan fingerprint density at radius 3 is 2.76 bits per heavy atom. The molecule has 0 radical (unpaired) electrons. The molecule has 1 aromatic rings. The molecule has 1 aromatic heterocycles. The van der Waals surface area contributed by atoms with E-state index in [1.165, 1.54) is 0 Å². The van der Waals surface area contributed by atoms with Crippen LogP contribution in [0.4, 0.5) is 5.69 Å². The molecule has 2 atom stereocenters. The summed E-state index contributed by atoms with van der Waals surface area (Å²) in [4.78, 5) is 26.0. The molecular formula is C16H26ClN5O3. The number of anilines is 1. The number of halogens is 1. The van der Waals surface area contributed by atoms with Crippen LogP contribution in [-0.4, -0.2) is 58.8 Å². The molecule has 0 unspecified atom stereocenters. The zero-order chi connectivity index (χ0) is 16.9. The van der Waals surface area contributed by atoms with Gasteiger partial charge < -0.3 is 20.7 Å². The predicted octanol–water partition coefficient (Wildman–Crippen LogP) is 0.620. The Bertz CT molecular complexity index is 588. The van der Waals surface area contributed by atoms with E-state index in [-0.39, 0.29) is 42.7 Å². The maximum Gasteiger partial charge on any atom is 0.244 e. The van der Waals surface area contributed by atoms with Crippen molar-refractivity contribution in [3.63, 3.8) is 0 Å². The van der Waals surface area contributed by atoms with Gasteiger partial charge in [0.1, 0.15) is 6.54 Å². The summed E-state index contributed by atoms with van der Waals surface area (Å²) < 4.78 is 6.79. The predicted molar refractivity (Wildman–Crippen MR) is 95.4 cm³/mol. The summed E-state index contributed by atoms with van der Waals surface area (Å²) in [6.07, 6.45) is 6.81. The van der Waals surface area contributed by atoms with Crippen molar-refractivity contribution in [2.75, 3.05) is 31.6 Å². The number of morpholine rings is 1. The number of ether oxygens (including phenoxy) is 1. The minimum Gasteiger partial charge on any atom is -0.378 e. The van der Waals surface area contributed by atoms with Crippen molar-refractivity contribution in [1.29, 1.82) is 0 Å². The van der Waals surface area contributed by atoms with Gasteiger partial charge in [-0.2, -0.15) is 5.10 Å². The lowest BCUT2D eigenvalue weighted by atomic mass is 10.00. The molecule has 0 aromatic carbocycles. The number of hydrogen-bond donors (Lipinski definition) is 2. The fraction of sp³-hybridized carbons (Fsp3) is 0.688. The van der Waals surface area contributed by atoms with Crippen molar-refractivity contribution in [1.82, 2.24) is 14.7 Å². The van der Waals surface area contributed by atoms with Gasteiger partial charge in [-0.15, -0.1) is 12.4 Å². The topological polar surface area (TPSA) is 102 Å². The lowest BCUT2D eigenvalue weighted by molar-refractivity contribution is -0.136. The maximum absolute atomic E-state index is 12.2. The van der Waals surface area contributed by atoms with Crippen LogP contribution in [-0.2, 0) is 20.9 Å². The fourth-order valence-electron chi connectivity index (χ4n) is 3.34. The molecule has 0 spiro atoms. The van der Waals surface area contributed by atoms with Gasteiger partial charge in [0, 0.05) is 31.7 Å². The van der Waals surface area contributed by atoms with Gasteiger partial charge in [-0.25, -0.2) is 0 Å². The van der Waals surface area contributed by atoms with Crippen molar-refractivity contribution >= 4 is 29.9 Å². The molecule has 3 rings (SSSR count). The molecule has 9 heteroatoms. The third kappa shape index (κ3) is 5.42. The SMILES string of the molecule is Cl.N[C@@H]1CCC[C@H]1CC(=O)Nc1cnn(CC(=O)N2CCOCC2)c1. The molecule has 1 saturated heterocycles. The van der Waals surface area contributed by atoms with Crippen LogP contribution >= 0.6 is 12.4 Å². The monoisotopic (exact) mass is 371 g/mol. The van der Waals surface area contributed by atoms with Gasteiger partial charge in [0.2, 0.25) is 11.8 Å². The van der Waals surface area contributed by atoms with Gasteiger partial charge in [0.25, 0.3) is 0 Å². The van der Waals surface area contributed by atoms with E-state index >= 15 is 0 Å². The first-order valence-electron chi connectivity index (χ1n) is 8.55. The summed E-state index contributed by atoms with van der Waals surface area (Å²) in [6.45, 7) is 2.56. The smallest absolute Gasteiger partial charge is 0.244 e. The Labute approximate surface area is 153 Å². The van der Waals surface area contributed by atoms with Crippen LogP contribution in [0.1, 0.15) is 25.7 Å². The largest absolute Gasteiger partial charge is 0.378 e. The molecule has 25 heavy (non-hydrogen) atoms. The zero-order valence-electron chi connectivity index (χ0n) is 14.2. The number of rotatable bonds is 5. The Morgan fingerprint density at radius 1 is 1.32 bits per heavy atom. The van der Waals surface area contributed by atoms with Crippen LogP contribution in [0.2, 0.25) is 0 Å². The van der Waals surface area contributed by atoms with E-state index in [9.17, 15) is 9.59 Å². The Morgan fingerprint density at radius 2 is 2.08 bits per heavy atom. The van der Waals surface area contributed by atoms with Gasteiger partial charge in [-0.1, -0.05) is 6.42 Å². The van der Waals surface area contributed by atoms with E-state index in [2.05, 4.69) is 10.4 Å². The number of carbonyl (C=O) groups excluding carboxylic acids is 2. The summed E-state index contributed by atoms with van der Waals surface area (Å²) in [5, 5.41) is 6.99. The highest BCUT2D eigenvalue weighted by Crippen LogP contribution is 2.27. The first-order chi connectivity index (χ1) is 11.6. The molecule has 2 aliphatic rings. The van der Waals surface area contributed by atoms with Crippen LogP contribution in [0.3, 0.4) is 0 Å². The van der Waals surface area contributed by atoms with Crippen LogP contribution in [0, 0.1) is 5.92 Å². The summed E-state index contributed by atoms with van der Waals surface area (Å²) in [7, 11) is 0. The van der Waals surface area contributed by atoms with E-state index in [0.717, 1.165) is 19.3 Å². The Balaban J connectivity index is 0.00000225. The van der Waals surface area contributed by atoms with Crippen molar-refractivity contribution in [3.8, 4) is 0 Å². The first kappa shape index (κ1) is 19.7. The van der Waals surface area contributed by atoms with Gasteiger partial charge >= 0.3 is 0 Å². The normalized spacial score (nSPS) is 23.2. The molecule has 1 saturated carbocycles. The molecule has 2 fully saturated rings. The summed E-state index contributed by atoms with van der Waals surface area (Å²) in [6, 6.07) is 0.129. The molecule has 1 aliphatic heterocycles. The third-order valence-electron chi connectivity index (χ3n) is 4.74. The van der Waals surface area contributed by atoms with E-state index in [4.69, 9.17) is 10.5 Å². The standard InChI is InChI=1S/C16H25N5O3.ClH/c17-14-3-1-2-12(14)8-15(22)19-13-9-18-21(10-13)11-16(23)20-4-6-24-7-5-20;/h9-10,12,14H,1-8,11,17H2,(H,19,22);1H/t12-,14+;/m0./s1. The lowest BCUT2D eigenvalue weighted by Gasteiger charge is -2.26. The number of nitrogens with one attached hydrogen (secondary N) is 1. The number of nitrogens with two attached hydrogens (primary N) is 1. The highest BCUT2D eigenvalue weighted by molar-refractivity contribution is 5.90. The van der Waals surface area contributed by atoms with E-state index < -0.39 is 0 Å². The quantitative estimate of drug-likeness (QED) is 0.789. The lowest BCUT2D eigenvalue weighted by Crippen LogP contribution is -2.42. The highest BCUT2D eigenvalue weighted by atomic mass is 35.5. The molecule has 0 bridgehead atoms. The second-order valence-corrected chi connectivity index (χ2v) is 6.53. The van der Waals surface area contributed by atoms with Crippen LogP contribution in [0.25, 0.3) is 0 Å². The number of nitrogens with zero attached hydrogens (tertiary/aromatic N) is 3. The maximum atomic E-state index is 12.2.